The lowest BCUT2D eigenvalue weighted by atomic mass is 9.80. The van der Waals surface area contributed by atoms with E-state index in [9.17, 15) is 14.4 Å². The van der Waals surface area contributed by atoms with E-state index in [2.05, 4.69) is 23.7 Å². The van der Waals surface area contributed by atoms with Crippen LogP contribution >= 0.6 is 11.3 Å². The van der Waals surface area contributed by atoms with E-state index >= 15 is 0 Å². The van der Waals surface area contributed by atoms with E-state index in [1.807, 2.05) is 31.4 Å². The minimum absolute atomic E-state index is 0.194. The molecule has 0 saturated carbocycles. The van der Waals surface area contributed by atoms with E-state index in [1.54, 1.807) is 11.3 Å². The molecule has 1 saturated heterocycles. The molecule has 2 aromatic heterocycles. The van der Waals surface area contributed by atoms with Crippen LogP contribution in [0.3, 0.4) is 0 Å². The fourth-order valence-corrected chi connectivity index (χ4v) is 5.73. The zero-order valence-corrected chi connectivity index (χ0v) is 18.9. The maximum atomic E-state index is 13.3. The Morgan fingerprint density at radius 1 is 1.30 bits per heavy atom. The van der Waals surface area contributed by atoms with Gasteiger partial charge in [0.15, 0.2) is 5.78 Å². The molecule has 1 aliphatic heterocycles. The van der Waals surface area contributed by atoms with Gasteiger partial charge in [0.2, 0.25) is 0 Å². The Balaban J connectivity index is 1.56. The SMILES string of the molecule is Cc1cc(C(=O)CN2C(=O)N[C@]3(CCCc4sccc43)C2=O)c(C)n1CCC(C)C. The molecule has 30 heavy (non-hydrogen) atoms. The molecule has 4 rings (SSSR count). The summed E-state index contributed by atoms with van der Waals surface area (Å²) in [6.45, 7) is 8.92. The zero-order valence-electron chi connectivity index (χ0n) is 18.1. The molecule has 0 bridgehead atoms. The summed E-state index contributed by atoms with van der Waals surface area (Å²) in [6.07, 6.45) is 3.38. The number of nitrogens with zero attached hydrogens (tertiary/aromatic N) is 2. The Labute approximate surface area is 181 Å². The molecule has 0 radical (unpaired) electrons. The summed E-state index contributed by atoms with van der Waals surface area (Å²) < 4.78 is 2.15. The Bertz CT molecular complexity index is 1020. The second kappa shape index (κ2) is 7.69. The maximum Gasteiger partial charge on any atom is 0.325 e. The fraction of sp³-hybridized carbons (Fsp3) is 0.522. The molecule has 7 heteroatoms. The highest BCUT2D eigenvalue weighted by Gasteiger charge is 2.54. The monoisotopic (exact) mass is 427 g/mol. The number of carbonyl (C=O) groups is 3. The lowest BCUT2D eigenvalue weighted by Gasteiger charge is -2.31. The second-order valence-corrected chi connectivity index (χ2v) is 9.88. The van der Waals surface area contributed by atoms with E-state index in [0.717, 1.165) is 52.5 Å². The van der Waals surface area contributed by atoms with Gasteiger partial charge in [0.25, 0.3) is 5.91 Å². The van der Waals surface area contributed by atoms with Crippen molar-refractivity contribution in [3.05, 3.63) is 44.9 Å². The van der Waals surface area contributed by atoms with Crippen molar-refractivity contribution in [3.8, 4) is 0 Å². The highest BCUT2D eigenvalue weighted by molar-refractivity contribution is 7.10. The summed E-state index contributed by atoms with van der Waals surface area (Å²) in [6, 6.07) is 3.34. The number of urea groups is 1. The predicted molar refractivity (Wildman–Crippen MR) is 117 cm³/mol. The molecular formula is C23H29N3O3S. The van der Waals surface area contributed by atoms with E-state index in [0.29, 0.717) is 17.9 Å². The van der Waals surface area contributed by atoms with Gasteiger partial charge in [-0.05, 0) is 63.0 Å². The van der Waals surface area contributed by atoms with Crippen LogP contribution in [0.4, 0.5) is 4.79 Å². The van der Waals surface area contributed by atoms with Crippen molar-refractivity contribution in [1.29, 1.82) is 0 Å². The summed E-state index contributed by atoms with van der Waals surface area (Å²) in [5, 5.41) is 4.89. The van der Waals surface area contributed by atoms with Crippen molar-refractivity contribution < 1.29 is 14.4 Å². The smallest absolute Gasteiger partial charge is 0.325 e. The van der Waals surface area contributed by atoms with E-state index in [1.165, 1.54) is 0 Å². The van der Waals surface area contributed by atoms with Gasteiger partial charge in [-0.1, -0.05) is 13.8 Å². The molecular weight excluding hydrogens is 398 g/mol. The number of carbonyl (C=O) groups excluding carboxylic acids is 3. The number of hydrogen-bond donors (Lipinski definition) is 1. The second-order valence-electron chi connectivity index (χ2n) is 8.88. The van der Waals surface area contributed by atoms with Crippen LogP contribution in [0.25, 0.3) is 0 Å². The van der Waals surface area contributed by atoms with Crippen LogP contribution in [0.1, 0.15) is 65.3 Å². The topological polar surface area (TPSA) is 71.4 Å². The standard InChI is InChI=1S/C23H29N3O3S/c1-14(2)7-10-25-15(3)12-17(16(25)4)19(27)13-26-21(28)23(24-22(26)29)9-5-6-20-18(23)8-11-30-20/h8,11-12,14H,5-7,9-10,13H2,1-4H3,(H,24,29)/t23-/m0/s1. The lowest BCUT2D eigenvalue weighted by Crippen LogP contribution is -2.46. The molecule has 160 valence electrons. The van der Waals surface area contributed by atoms with E-state index in [-0.39, 0.29) is 18.2 Å². The third kappa shape index (κ3) is 3.29. The molecule has 0 aromatic carbocycles. The third-order valence-corrected chi connectivity index (χ3v) is 7.42. The Morgan fingerprint density at radius 2 is 2.07 bits per heavy atom. The van der Waals surface area contributed by atoms with Crippen molar-refractivity contribution in [2.45, 2.75) is 65.5 Å². The van der Waals surface area contributed by atoms with Gasteiger partial charge in [0.05, 0.1) is 6.54 Å². The number of ketones is 1. The van der Waals surface area contributed by atoms with Crippen molar-refractivity contribution in [1.82, 2.24) is 14.8 Å². The average molecular weight is 428 g/mol. The number of hydrogen-bond acceptors (Lipinski definition) is 4. The van der Waals surface area contributed by atoms with Crippen molar-refractivity contribution in [2.24, 2.45) is 5.92 Å². The summed E-state index contributed by atoms with van der Waals surface area (Å²) in [7, 11) is 0. The van der Waals surface area contributed by atoms with Crippen LogP contribution in [0.5, 0.6) is 0 Å². The molecule has 1 aliphatic carbocycles. The van der Waals surface area contributed by atoms with Gasteiger partial charge >= 0.3 is 6.03 Å². The number of rotatable bonds is 6. The van der Waals surface area contributed by atoms with Gasteiger partial charge in [-0.15, -0.1) is 11.3 Å². The molecule has 2 aromatic rings. The first-order valence-electron chi connectivity index (χ1n) is 10.7. The van der Waals surface area contributed by atoms with Gasteiger partial charge < -0.3 is 9.88 Å². The number of imide groups is 1. The van der Waals surface area contributed by atoms with Crippen LogP contribution in [0.15, 0.2) is 17.5 Å². The summed E-state index contributed by atoms with van der Waals surface area (Å²) in [5.74, 6) is 0.0829. The van der Waals surface area contributed by atoms with Gasteiger partial charge in [-0.2, -0.15) is 0 Å². The molecule has 3 amide bonds. The highest BCUT2D eigenvalue weighted by atomic mass is 32.1. The quantitative estimate of drug-likeness (QED) is 0.555. The number of aryl methyl sites for hydroxylation is 2. The number of amides is 3. The minimum atomic E-state index is -1.00. The van der Waals surface area contributed by atoms with Gasteiger partial charge in [-0.3, -0.25) is 14.5 Å². The zero-order chi connectivity index (χ0) is 21.6. The molecule has 1 spiro atoms. The van der Waals surface area contributed by atoms with Crippen molar-refractivity contribution in [3.63, 3.8) is 0 Å². The molecule has 6 nitrogen and oxygen atoms in total. The molecule has 1 fully saturated rings. The maximum absolute atomic E-state index is 13.3. The highest BCUT2D eigenvalue weighted by Crippen LogP contribution is 2.42. The van der Waals surface area contributed by atoms with Gasteiger partial charge in [0, 0.05) is 33.9 Å². The lowest BCUT2D eigenvalue weighted by molar-refractivity contribution is -0.131. The van der Waals surface area contributed by atoms with Crippen LogP contribution in [0, 0.1) is 19.8 Å². The first-order valence-corrected chi connectivity index (χ1v) is 11.5. The first-order chi connectivity index (χ1) is 14.2. The number of fused-ring (bicyclic) bond motifs is 2. The van der Waals surface area contributed by atoms with E-state index in [4.69, 9.17) is 0 Å². The average Bonchev–Trinajstić information content (AvgIpc) is 3.34. The largest absolute Gasteiger partial charge is 0.348 e. The molecule has 3 heterocycles. The van der Waals surface area contributed by atoms with Gasteiger partial charge in [-0.25, -0.2) is 4.79 Å². The summed E-state index contributed by atoms with van der Waals surface area (Å²) in [5.41, 5.74) is 2.42. The fourth-order valence-electron chi connectivity index (χ4n) is 4.73. The molecule has 0 unspecified atom stereocenters. The molecule has 1 atom stereocenters. The van der Waals surface area contributed by atoms with Crippen LogP contribution in [-0.2, 0) is 23.3 Å². The number of nitrogens with one attached hydrogen (secondary N) is 1. The first kappa shape index (κ1) is 20.8. The predicted octanol–water partition coefficient (Wildman–Crippen LogP) is 4.18. The molecule has 2 aliphatic rings. The van der Waals surface area contributed by atoms with Crippen LogP contribution in [0.2, 0.25) is 0 Å². The van der Waals surface area contributed by atoms with E-state index < -0.39 is 11.6 Å². The summed E-state index contributed by atoms with van der Waals surface area (Å²) >= 11 is 1.62. The Morgan fingerprint density at radius 3 is 2.80 bits per heavy atom. The van der Waals surface area contributed by atoms with Crippen LogP contribution < -0.4 is 5.32 Å². The van der Waals surface area contributed by atoms with Gasteiger partial charge in [0.1, 0.15) is 5.54 Å². The number of aromatic nitrogens is 1. The Hall–Kier alpha value is -2.41. The summed E-state index contributed by atoms with van der Waals surface area (Å²) in [4.78, 5) is 41.4. The van der Waals surface area contributed by atoms with Crippen molar-refractivity contribution >= 4 is 29.1 Å². The Kier molecular flexibility index (Phi) is 5.34. The number of thiophene rings is 1. The normalized spacial score (nSPS) is 20.9. The van der Waals surface area contributed by atoms with Crippen LogP contribution in [-0.4, -0.2) is 33.7 Å². The van der Waals surface area contributed by atoms with Crippen molar-refractivity contribution in [2.75, 3.05) is 6.54 Å². The minimum Gasteiger partial charge on any atom is -0.348 e. The third-order valence-electron chi connectivity index (χ3n) is 6.44. The number of Topliss-reactive ketones (excluding diaryl/α,β-unsaturated/α-hetero) is 1. The molecule has 1 N–H and O–H groups in total.